The monoisotopic (exact) mass is 365 g/mol. The summed E-state index contributed by atoms with van der Waals surface area (Å²) in [6, 6.07) is 17.7. The van der Waals surface area contributed by atoms with Gasteiger partial charge >= 0.3 is 0 Å². The van der Waals surface area contributed by atoms with E-state index in [4.69, 9.17) is 0 Å². The third-order valence-corrected chi connectivity index (χ3v) is 5.14. The van der Waals surface area contributed by atoms with Gasteiger partial charge in [0, 0.05) is 50.0 Å². The molecule has 27 heavy (non-hydrogen) atoms. The predicted molar refractivity (Wildman–Crippen MR) is 108 cm³/mol. The van der Waals surface area contributed by atoms with E-state index in [1.165, 1.54) is 5.69 Å². The van der Waals surface area contributed by atoms with Crippen molar-refractivity contribution in [1.29, 1.82) is 0 Å². The van der Waals surface area contributed by atoms with E-state index < -0.39 is 11.7 Å². The number of amides is 1. The zero-order chi connectivity index (χ0) is 19.2. The first-order valence-electron chi connectivity index (χ1n) is 9.48. The van der Waals surface area contributed by atoms with Crippen LogP contribution in [0.1, 0.15) is 22.8 Å². The molecule has 0 saturated carbocycles. The van der Waals surface area contributed by atoms with Gasteiger partial charge in [0.05, 0.1) is 0 Å². The third-order valence-electron chi connectivity index (χ3n) is 5.14. The number of aryl methyl sites for hydroxylation is 1. The standard InChI is InChI=1S/C22H27N3O2/c1-17-8-10-19(11-9-17)21(26)22(27)23-16-18(2)24-12-14-25(15-13-24)20-6-4-3-5-7-20/h3-11,18H,12-16H2,1-2H3,(H,23,27). The highest BCUT2D eigenvalue weighted by Gasteiger charge is 2.23. The number of carbonyl (C=O) groups excluding carboxylic acids is 2. The molecule has 2 aromatic rings. The average Bonchev–Trinajstić information content (AvgIpc) is 2.72. The summed E-state index contributed by atoms with van der Waals surface area (Å²) in [5, 5.41) is 2.79. The topological polar surface area (TPSA) is 52.7 Å². The lowest BCUT2D eigenvalue weighted by Crippen LogP contribution is -2.52. The minimum atomic E-state index is -0.534. The molecule has 0 spiro atoms. The third kappa shape index (κ3) is 4.95. The van der Waals surface area contributed by atoms with Gasteiger partial charge in [-0.05, 0) is 26.0 Å². The van der Waals surface area contributed by atoms with Crippen LogP contribution in [0.5, 0.6) is 0 Å². The number of nitrogens with zero attached hydrogens (tertiary/aromatic N) is 2. The molecule has 5 nitrogen and oxygen atoms in total. The van der Waals surface area contributed by atoms with Gasteiger partial charge in [-0.15, -0.1) is 0 Å². The molecular formula is C22H27N3O2. The van der Waals surface area contributed by atoms with E-state index in [0.29, 0.717) is 12.1 Å². The van der Waals surface area contributed by atoms with Crippen molar-refractivity contribution in [3.8, 4) is 0 Å². The molecule has 1 heterocycles. The van der Waals surface area contributed by atoms with Gasteiger partial charge in [-0.2, -0.15) is 0 Å². The molecule has 3 rings (SSSR count). The Morgan fingerprint density at radius 2 is 1.59 bits per heavy atom. The molecule has 1 atom stereocenters. The number of nitrogens with one attached hydrogen (secondary N) is 1. The Morgan fingerprint density at radius 3 is 2.22 bits per heavy atom. The van der Waals surface area contributed by atoms with Crippen LogP contribution in [0.4, 0.5) is 5.69 Å². The van der Waals surface area contributed by atoms with Gasteiger partial charge in [0.15, 0.2) is 0 Å². The number of benzene rings is 2. The van der Waals surface area contributed by atoms with Gasteiger partial charge < -0.3 is 10.2 Å². The second kappa shape index (κ2) is 8.82. The molecule has 2 aromatic carbocycles. The Bertz CT molecular complexity index is 766. The van der Waals surface area contributed by atoms with Gasteiger partial charge in [-0.3, -0.25) is 14.5 Å². The summed E-state index contributed by atoms with van der Waals surface area (Å²) in [5.41, 5.74) is 2.75. The largest absolute Gasteiger partial charge is 0.369 e. The fraction of sp³-hybridized carbons (Fsp3) is 0.364. The van der Waals surface area contributed by atoms with E-state index >= 15 is 0 Å². The van der Waals surface area contributed by atoms with Crippen molar-refractivity contribution in [2.45, 2.75) is 19.9 Å². The molecular weight excluding hydrogens is 338 g/mol. The molecule has 1 aliphatic heterocycles. The summed E-state index contributed by atoms with van der Waals surface area (Å²) >= 11 is 0. The minimum Gasteiger partial charge on any atom is -0.369 e. The van der Waals surface area contributed by atoms with Crippen LogP contribution in [0.2, 0.25) is 0 Å². The summed E-state index contributed by atoms with van der Waals surface area (Å²) in [5.74, 6) is -1.01. The molecule has 0 aromatic heterocycles. The second-order valence-corrected chi connectivity index (χ2v) is 7.11. The van der Waals surface area contributed by atoms with E-state index in [0.717, 1.165) is 31.7 Å². The highest BCUT2D eigenvalue weighted by molar-refractivity contribution is 6.42. The number of hydrogen-bond donors (Lipinski definition) is 1. The van der Waals surface area contributed by atoms with E-state index in [-0.39, 0.29) is 6.04 Å². The molecule has 1 amide bonds. The number of piperazine rings is 1. The van der Waals surface area contributed by atoms with E-state index in [1.54, 1.807) is 12.1 Å². The number of carbonyl (C=O) groups is 2. The fourth-order valence-corrected chi connectivity index (χ4v) is 3.35. The lowest BCUT2D eigenvalue weighted by Gasteiger charge is -2.39. The highest BCUT2D eigenvalue weighted by atomic mass is 16.2. The Hall–Kier alpha value is -2.66. The molecule has 0 bridgehead atoms. The zero-order valence-corrected chi connectivity index (χ0v) is 16.0. The number of hydrogen-bond acceptors (Lipinski definition) is 4. The van der Waals surface area contributed by atoms with E-state index in [2.05, 4.69) is 46.3 Å². The SMILES string of the molecule is Cc1ccc(C(=O)C(=O)NCC(C)N2CCN(c3ccccc3)CC2)cc1. The van der Waals surface area contributed by atoms with Gasteiger partial charge in [-0.25, -0.2) is 0 Å². The first-order chi connectivity index (χ1) is 13.0. The second-order valence-electron chi connectivity index (χ2n) is 7.11. The van der Waals surface area contributed by atoms with Crippen molar-refractivity contribution in [1.82, 2.24) is 10.2 Å². The normalized spacial score (nSPS) is 16.0. The van der Waals surface area contributed by atoms with Crippen LogP contribution in [0.15, 0.2) is 54.6 Å². The van der Waals surface area contributed by atoms with Crippen molar-refractivity contribution >= 4 is 17.4 Å². The number of Topliss-reactive ketones (excluding diaryl/α,β-unsaturated/α-hetero) is 1. The molecule has 1 unspecified atom stereocenters. The molecule has 1 aliphatic rings. The summed E-state index contributed by atoms with van der Waals surface area (Å²) in [4.78, 5) is 29.1. The molecule has 1 N–H and O–H groups in total. The van der Waals surface area contributed by atoms with Crippen LogP contribution in [0, 0.1) is 6.92 Å². The molecule has 1 saturated heterocycles. The Morgan fingerprint density at radius 1 is 0.963 bits per heavy atom. The van der Waals surface area contributed by atoms with Gasteiger partial charge in [0.2, 0.25) is 5.78 Å². The maximum absolute atomic E-state index is 12.2. The van der Waals surface area contributed by atoms with Crippen molar-refractivity contribution in [3.63, 3.8) is 0 Å². The van der Waals surface area contributed by atoms with Crippen LogP contribution >= 0.6 is 0 Å². The zero-order valence-electron chi connectivity index (χ0n) is 16.0. The van der Waals surface area contributed by atoms with Crippen LogP contribution in [0.3, 0.4) is 0 Å². The Labute approximate surface area is 161 Å². The smallest absolute Gasteiger partial charge is 0.292 e. The number of ketones is 1. The van der Waals surface area contributed by atoms with Gasteiger partial charge in [-0.1, -0.05) is 48.0 Å². The average molecular weight is 365 g/mol. The molecule has 1 fully saturated rings. The number of para-hydroxylation sites is 1. The van der Waals surface area contributed by atoms with Crippen LogP contribution in [0.25, 0.3) is 0 Å². The molecule has 142 valence electrons. The van der Waals surface area contributed by atoms with Crippen LogP contribution < -0.4 is 10.2 Å². The fourth-order valence-electron chi connectivity index (χ4n) is 3.35. The Kier molecular flexibility index (Phi) is 6.24. The van der Waals surface area contributed by atoms with Crippen LogP contribution in [-0.2, 0) is 4.79 Å². The number of anilines is 1. The highest BCUT2D eigenvalue weighted by Crippen LogP contribution is 2.16. The van der Waals surface area contributed by atoms with Crippen molar-refractivity contribution < 1.29 is 9.59 Å². The maximum Gasteiger partial charge on any atom is 0.292 e. The first-order valence-corrected chi connectivity index (χ1v) is 9.48. The summed E-state index contributed by atoms with van der Waals surface area (Å²) in [7, 11) is 0. The lowest BCUT2D eigenvalue weighted by atomic mass is 10.1. The van der Waals surface area contributed by atoms with Gasteiger partial charge in [0.1, 0.15) is 0 Å². The molecule has 5 heteroatoms. The number of rotatable bonds is 6. The molecule has 0 radical (unpaired) electrons. The summed E-state index contributed by atoms with van der Waals surface area (Å²) in [6.07, 6.45) is 0. The minimum absolute atomic E-state index is 0.192. The van der Waals surface area contributed by atoms with Crippen molar-refractivity contribution in [2.75, 3.05) is 37.6 Å². The van der Waals surface area contributed by atoms with Gasteiger partial charge in [0.25, 0.3) is 5.91 Å². The van der Waals surface area contributed by atoms with E-state index in [9.17, 15) is 9.59 Å². The first kappa shape index (κ1) is 19.1. The maximum atomic E-state index is 12.2. The molecule has 0 aliphatic carbocycles. The lowest BCUT2D eigenvalue weighted by molar-refractivity contribution is -0.117. The van der Waals surface area contributed by atoms with Crippen molar-refractivity contribution in [3.05, 3.63) is 65.7 Å². The summed E-state index contributed by atoms with van der Waals surface area (Å²) < 4.78 is 0. The quantitative estimate of drug-likeness (QED) is 0.631. The van der Waals surface area contributed by atoms with Crippen LogP contribution in [-0.4, -0.2) is 55.4 Å². The predicted octanol–water partition coefficient (Wildman–Crippen LogP) is 2.50. The summed E-state index contributed by atoms with van der Waals surface area (Å²) in [6.45, 7) is 8.33. The Balaban J connectivity index is 1.45. The van der Waals surface area contributed by atoms with E-state index in [1.807, 2.05) is 25.1 Å². The van der Waals surface area contributed by atoms with Crippen molar-refractivity contribution in [2.24, 2.45) is 0 Å².